The Morgan fingerprint density at radius 1 is 0.889 bits per heavy atom. The van der Waals surface area contributed by atoms with Gasteiger partial charge in [0.15, 0.2) is 0 Å². The predicted molar refractivity (Wildman–Crippen MR) is 162 cm³/mol. The molecule has 0 aromatic heterocycles. The molecule has 0 bridgehead atoms. The molecule has 0 unspecified atom stereocenters. The van der Waals surface area contributed by atoms with Gasteiger partial charge in [0, 0.05) is 37.3 Å². The molecular formula is C31H33ClF3N3O6S. The van der Waals surface area contributed by atoms with Crippen molar-refractivity contribution in [2.75, 3.05) is 30.5 Å². The van der Waals surface area contributed by atoms with Crippen LogP contribution in [0.2, 0.25) is 5.02 Å². The van der Waals surface area contributed by atoms with Crippen molar-refractivity contribution in [1.29, 1.82) is 0 Å². The van der Waals surface area contributed by atoms with Crippen LogP contribution in [0.15, 0.2) is 65.6 Å². The fraction of sp³-hybridized carbons (Fsp3) is 0.355. The van der Waals surface area contributed by atoms with Crippen LogP contribution in [-0.2, 0) is 26.1 Å². The standard InChI is InChI=1S/C31H33ClF3N3O6S/c1-20(38(28-18-24(34)8-12-27(28)35)45(41,42)25-9-5-22(32)6-10-25)26-11-7-23(33)17-21(26)19-43-29(39)36-13-15-37(16-14-36)30(40)44-31(2,3)4/h5-12,17-18,20H,13-16,19H2,1-4H3/t20-/m1/s1. The SMILES string of the molecule is C[C@H](c1ccc(F)cc1COC(=O)N1CCN(C(=O)OC(C)(C)C)CC1)N(c1cc(F)ccc1F)S(=O)(=O)c1ccc(Cl)cc1. The summed E-state index contributed by atoms with van der Waals surface area (Å²) in [4.78, 5) is 27.9. The molecule has 2 amide bonds. The number of sulfonamides is 1. The molecule has 1 atom stereocenters. The predicted octanol–water partition coefficient (Wildman–Crippen LogP) is 6.90. The van der Waals surface area contributed by atoms with Crippen LogP contribution in [0.25, 0.3) is 0 Å². The second kappa shape index (κ2) is 13.6. The van der Waals surface area contributed by atoms with E-state index in [1.54, 1.807) is 20.8 Å². The zero-order valence-corrected chi connectivity index (χ0v) is 26.7. The summed E-state index contributed by atoms with van der Waals surface area (Å²) >= 11 is 5.94. The number of hydrogen-bond acceptors (Lipinski definition) is 6. The molecule has 3 aromatic carbocycles. The molecule has 242 valence electrons. The number of carbonyl (C=O) groups is 2. The van der Waals surface area contributed by atoms with Gasteiger partial charge in [0.2, 0.25) is 0 Å². The number of halogens is 4. The van der Waals surface area contributed by atoms with Gasteiger partial charge in [-0.1, -0.05) is 17.7 Å². The fourth-order valence-corrected chi connectivity index (χ4v) is 6.55. The van der Waals surface area contributed by atoms with Crippen molar-refractivity contribution < 1.29 is 40.7 Å². The van der Waals surface area contributed by atoms with Crippen molar-refractivity contribution in [3.8, 4) is 0 Å². The molecule has 14 heteroatoms. The summed E-state index contributed by atoms with van der Waals surface area (Å²) in [5.74, 6) is -2.58. The molecule has 0 spiro atoms. The minimum Gasteiger partial charge on any atom is -0.445 e. The molecule has 3 aromatic rings. The Labute approximate surface area is 265 Å². The third kappa shape index (κ3) is 8.20. The molecule has 1 fully saturated rings. The number of benzene rings is 3. The van der Waals surface area contributed by atoms with Crippen LogP contribution in [0.4, 0.5) is 28.4 Å². The van der Waals surface area contributed by atoms with Gasteiger partial charge in [-0.05, 0) is 87.4 Å². The summed E-state index contributed by atoms with van der Waals surface area (Å²) in [5.41, 5.74) is -0.957. The highest BCUT2D eigenvalue weighted by Crippen LogP contribution is 2.37. The Balaban J connectivity index is 1.59. The smallest absolute Gasteiger partial charge is 0.410 e. The zero-order chi connectivity index (χ0) is 33.1. The first kappa shape index (κ1) is 33.9. The summed E-state index contributed by atoms with van der Waals surface area (Å²) in [6, 6.07) is 9.78. The number of hydrogen-bond donors (Lipinski definition) is 0. The number of carbonyl (C=O) groups excluding carboxylic acids is 2. The maximum atomic E-state index is 15.1. The van der Waals surface area contributed by atoms with E-state index in [1.807, 2.05) is 0 Å². The molecule has 1 aliphatic rings. The third-order valence-electron chi connectivity index (χ3n) is 6.96. The third-order valence-corrected chi connectivity index (χ3v) is 9.11. The molecule has 0 aliphatic carbocycles. The highest BCUT2D eigenvalue weighted by atomic mass is 35.5. The van der Waals surface area contributed by atoms with E-state index in [9.17, 15) is 26.8 Å². The van der Waals surface area contributed by atoms with Crippen molar-refractivity contribution in [3.63, 3.8) is 0 Å². The molecule has 1 aliphatic heterocycles. The van der Waals surface area contributed by atoms with Crippen molar-refractivity contribution in [2.45, 2.75) is 50.8 Å². The average Bonchev–Trinajstić information content (AvgIpc) is 2.97. The van der Waals surface area contributed by atoms with Crippen LogP contribution >= 0.6 is 11.6 Å². The molecule has 9 nitrogen and oxygen atoms in total. The van der Waals surface area contributed by atoms with Gasteiger partial charge in [0.1, 0.15) is 29.7 Å². The Bertz CT molecular complexity index is 1660. The van der Waals surface area contributed by atoms with Crippen LogP contribution in [0.3, 0.4) is 0 Å². The van der Waals surface area contributed by atoms with E-state index in [-0.39, 0.29) is 47.2 Å². The van der Waals surface area contributed by atoms with Crippen LogP contribution in [0, 0.1) is 17.5 Å². The zero-order valence-electron chi connectivity index (χ0n) is 25.1. The van der Waals surface area contributed by atoms with E-state index in [2.05, 4.69) is 0 Å². The lowest BCUT2D eigenvalue weighted by Crippen LogP contribution is -2.51. The first-order valence-corrected chi connectivity index (χ1v) is 15.8. The number of nitrogens with zero attached hydrogens (tertiary/aromatic N) is 3. The Morgan fingerprint density at radius 3 is 2.04 bits per heavy atom. The van der Waals surface area contributed by atoms with Gasteiger partial charge in [-0.3, -0.25) is 4.31 Å². The van der Waals surface area contributed by atoms with Gasteiger partial charge in [-0.2, -0.15) is 0 Å². The van der Waals surface area contributed by atoms with Gasteiger partial charge in [0.05, 0.1) is 16.6 Å². The second-order valence-corrected chi connectivity index (χ2v) is 13.6. The number of piperazine rings is 1. The maximum absolute atomic E-state index is 15.1. The number of rotatable bonds is 7. The van der Waals surface area contributed by atoms with E-state index in [0.29, 0.717) is 4.31 Å². The van der Waals surface area contributed by atoms with E-state index >= 15 is 4.39 Å². The van der Waals surface area contributed by atoms with Crippen molar-refractivity contribution >= 4 is 39.5 Å². The topological polar surface area (TPSA) is 96.5 Å². The molecule has 0 radical (unpaired) electrons. The number of ether oxygens (including phenoxy) is 2. The largest absolute Gasteiger partial charge is 0.445 e. The van der Waals surface area contributed by atoms with Crippen molar-refractivity contribution in [3.05, 3.63) is 94.3 Å². The highest BCUT2D eigenvalue weighted by Gasteiger charge is 2.34. The van der Waals surface area contributed by atoms with Gasteiger partial charge in [-0.25, -0.2) is 31.2 Å². The van der Waals surface area contributed by atoms with Gasteiger partial charge in [0.25, 0.3) is 10.0 Å². The lowest BCUT2D eigenvalue weighted by Gasteiger charge is -2.35. The molecule has 0 N–H and O–H groups in total. The summed E-state index contributed by atoms with van der Waals surface area (Å²) in [7, 11) is -4.54. The highest BCUT2D eigenvalue weighted by molar-refractivity contribution is 7.92. The molecule has 0 saturated carbocycles. The van der Waals surface area contributed by atoms with E-state index < -0.39 is 63.6 Å². The molecular weight excluding hydrogens is 635 g/mol. The molecule has 1 saturated heterocycles. The second-order valence-electron chi connectivity index (χ2n) is 11.4. The van der Waals surface area contributed by atoms with Crippen LogP contribution in [0.1, 0.15) is 44.9 Å². The van der Waals surface area contributed by atoms with Gasteiger partial charge >= 0.3 is 12.2 Å². The lowest BCUT2D eigenvalue weighted by molar-refractivity contribution is 0.0125. The average molecular weight is 668 g/mol. The molecule has 1 heterocycles. The van der Waals surface area contributed by atoms with Crippen molar-refractivity contribution in [2.24, 2.45) is 0 Å². The van der Waals surface area contributed by atoms with E-state index in [1.165, 1.54) is 47.1 Å². The monoisotopic (exact) mass is 667 g/mol. The summed E-state index contributed by atoms with van der Waals surface area (Å²) < 4.78 is 83.3. The Morgan fingerprint density at radius 2 is 1.44 bits per heavy atom. The van der Waals surface area contributed by atoms with Crippen LogP contribution in [0.5, 0.6) is 0 Å². The Hall–Kier alpha value is -3.97. The van der Waals surface area contributed by atoms with Crippen LogP contribution < -0.4 is 4.31 Å². The van der Waals surface area contributed by atoms with Crippen LogP contribution in [-0.4, -0.2) is 62.2 Å². The quantitative estimate of drug-likeness (QED) is 0.272. The normalized spacial score (nSPS) is 14.6. The number of amides is 2. The minimum absolute atomic E-state index is 0.108. The van der Waals surface area contributed by atoms with E-state index in [4.69, 9.17) is 21.1 Å². The summed E-state index contributed by atoms with van der Waals surface area (Å²) in [6.45, 7) is 6.97. The van der Waals surface area contributed by atoms with Crippen molar-refractivity contribution in [1.82, 2.24) is 9.80 Å². The number of anilines is 1. The summed E-state index contributed by atoms with van der Waals surface area (Å²) in [6.07, 6.45) is -1.23. The first-order chi connectivity index (χ1) is 21.1. The molecule has 4 rings (SSSR count). The molecule has 45 heavy (non-hydrogen) atoms. The lowest BCUT2D eigenvalue weighted by atomic mass is 10.0. The first-order valence-electron chi connectivity index (χ1n) is 14.0. The maximum Gasteiger partial charge on any atom is 0.410 e. The summed E-state index contributed by atoms with van der Waals surface area (Å²) in [5, 5.41) is 0.263. The minimum atomic E-state index is -4.54. The van der Waals surface area contributed by atoms with Gasteiger partial charge in [-0.15, -0.1) is 0 Å². The fourth-order valence-electron chi connectivity index (χ4n) is 4.78. The van der Waals surface area contributed by atoms with Gasteiger partial charge < -0.3 is 19.3 Å². The van der Waals surface area contributed by atoms with E-state index in [0.717, 1.165) is 30.3 Å². The Kier molecular flexibility index (Phi) is 10.2.